The molecule has 2 heteroatoms. The summed E-state index contributed by atoms with van der Waals surface area (Å²) in [5.41, 5.74) is 0. The van der Waals surface area contributed by atoms with E-state index in [-0.39, 0.29) is 5.38 Å². The van der Waals surface area contributed by atoms with Crippen molar-refractivity contribution >= 4 is 17.9 Å². The number of carbonyl (C=O) groups excluding carboxylic acids is 1. The van der Waals surface area contributed by atoms with Gasteiger partial charge in [0.2, 0.25) is 0 Å². The number of rotatable bonds is 4. The van der Waals surface area contributed by atoms with Crippen LogP contribution >= 0.6 is 11.6 Å². The van der Waals surface area contributed by atoms with Gasteiger partial charge in [-0.15, -0.1) is 18.2 Å². The molecule has 0 N–H and O–H groups in total. The zero-order chi connectivity index (χ0) is 6.41. The molecule has 0 fully saturated rings. The lowest BCUT2D eigenvalue weighted by atomic mass is 10.2. The SMILES string of the molecule is C=CC(Cl)CCC=O. The van der Waals surface area contributed by atoms with Gasteiger partial charge in [0.05, 0.1) is 5.38 Å². The molecular formula is C6H9ClO. The molecule has 0 radical (unpaired) electrons. The second kappa shape index (κ2) is 4.85. The third-order valence-electron chi connectivity index (χ3n) is 0.816. The molecule has 0 aliphatic heterocycles. The van der Waals surface area contributed by atoms with E-state index < -0.39 is 0 Å². The average Bonchev–Trinajstić information content (AvgIpc) is 1.83. The molecule has 0 aliphatic rings. The highest BCUT2D eigenvalue weighted by molar-refractivity contribution is 6.21. The maximum atomic E-state index is 9.73. The van der Waals surface area contributed by atoms with Gasteiger partial charge in [-0.05, 0) is 6.42 Å². The third-order valence-corrected chi connectivity index (χ3v) is 1.21. The number of hydrogen-bond acceptors (Lipinski definition) is 1. The van der Waals surface area contributed by atoms with E-state index in [0.29, 0.717) is 12.8 Å². The molecule has 0 saturated heterocycles. The van der Waals surface area contributed by atoms with Crippen molar-refractivity contribution in [1.82, 2.24) is 0 Å². The molecule has 0 aromatic carbocycles. The minimum atomic E-state index is -0.0415. The first-order valence-corrected chi connectivity index (χ1v) is 2.95. The Hall–Kier alpha value is -0.300. The van der Waals surface area contributed by atoms with Crippen molar-refractivity contribution in [3.63, 3.8) is 0 Å². The summed E-state index contributed by atoms with van der Waals surface area (Å²) in [5, 5.41) is -0.0415. The lowest BCUT2D eigenvalue weighted by Gasteiger charge is -1.95. The van der Waals surface area contributed by atoms with Crippen molar-refractivity contribution in [3.05, 3.63) is 12.7 Å². The van der Waals surface area contributed by atoms with E-state index in [1.807, 2.05) is 0 Å². The summed E-state index contributed by atoms with van der Waals surface area (Å²) in [6, 6.07) is 0. The molecule has 0 spiro atoms. The molecule has 0 rings (SSSR count). The fourth-order valence-corrected chi connectivity index (χ4v) is 0.471. The summed E-state index contributed by atoms with van der Waals surface area (Å²) >= 11 is 5.57. The monoisotopic (exact) mass is 132 g/mol. The van der Waals surface area contributed by atoms with Gasteiger partial charge in [-0.2, -0.15) is 0 Å². The smallest absolute Gasteiger partial charge is 0.120 e. The van der Waals surface area contributed by atoms with Crippen LogP contribution in [0.2, 0.25) is 0 Å². The van der Waals surface area contributed by atoms with Crippen LogP contribution in [0.4, 0.5) is 0 Å². The van der Waals surface area contributed by atoms with E-state index in [4.69, 9.17) is 11.6 Å². The van der Waals surface area contributed by atoms with Crippen LogP contribution < -0.4 is 0 Å². The highest BCUT2D eigenvalue weighted by Crippen LogP contribution is 2.03. The number of alkyl halides is 1. The van der Waals surface area contributed by atoms with Crippen LogP contribution in [-0.4, -0.2) is 11.7 Å². The van der Waals surface area contributed by atoms with Crippen LogP contribution in [0.1, 0.15) is 12.8 Å². The molecular weight excluding hydrogens is 124 g/mol. The van der Waals surface area contributed by atoms with E-state index in [0.717, 1.165) is 6.29 Å². The Morgan fingerprint density at radius 2 is 2.38 bits per heavy atom. The second-order valence-electron chi connectivity index (χ2n) is 1.50. The Balaban J connectivity index is 3.09. The summed E-state index contributed by atoms with van der Waals surface area (Å²) in [4.78, 5) is 9.73. The molecule has 1 nitrogen and oxygen atoms in total. The van der Waals surface area contributed by atoms with E-state index >= 15 is 0 Å². The highest BCUT2D eigenvalue weighted by atomic mass is 35.5. The van der Waals surface area contributed by atoms with Crippen LogP contribution in [0.15, 0.2) is 12.7 Å². The van der Waals surface area contributed by atoms with Crippen molar-refractivity contribution in [1.29, 1.82) is 0 Å². The lowest BCUT2D eigenvalue weighted by Crippen LogP contribution is -1.91. The molecule has 0 heterocycles. The first-order chi connectivity index (χ1) is 3.81. The average molecular weight is 133 g/mol. The minimum Gasteiger partial charge on any atom is -0.303 e. The fraction of sp³-hybridized carbons (Fsp3) is 0.500. The number of hydrogen-bond donors (Lipinski definition) is 0. The van der Waals surface area contributed by atoms with Gasteiger partial charge < -0.3 is 4.79 Å². The summed E-state index contributed by atoms with van der Waals surface area (Å²) in [5.74, 6) is 0. The maximum Gasteiger partial charge on any atom is 0.120 e. The molecule has 0 bridgehead atoms. The molecule has 0 amide bonds. The van der Waals surface area contributed by atoms with Crippen molar-refractivity contribution in [2.45, 2.75) is 18.2 Å². The van der Waals surface area contributed by atoms with E-state index in [1.54, 1.807) is 6.08 Å². The van der Waals surface area contributed by atoms with E-state index in [9.17, 15) is 4.79 Å². The highest BCUT2D eigenvalue weighted by Gasteiger charge is 1.94. The van der Waals surface area contributed by atoms with Crippen molar-refractivity contribution < 1.29 is 4.79 Å². The topological polar surface area (TPSA) is 17.1 Å². The van der Waals surface area contributed by atoms with Gasteiger partial charge in [0.1, 0.15) is 6.29 Å². The number of carbonyl (C=O) groups is 1. The van der Waals surface area contributed by atoms with Crippen LogP contribution in [0, 0.1) is 0 Å². The van der Waals surface area contributed by atoms with Gasteiger partial charge in [-0.25, -0.2) is 0 Å². The van der Waals surface area contributed by atoms with Crippen LogP contribution in [-0.2, 0) is 4.79 Å². The second-order valence-corrected chi connectivity index (χ2v) is 2.06. The Kier molecular flexibility index (Phi) is 4.67. The minimum absolute atomic E-state index is 0.0415. The number of allylic oxidation sites excluding steroid dienone is 1. The van der Waals surface area contributed by atoms with Gasteiger partial charge in [0.25, 0.3) is 0 Å². The number of aldehydes is 1. The predicted molar refractivity (Wildman–Crippen MR) is 35.1 cm³/mol. The first kappa shape index (κ1) is 7.70. The Morgan fingerprint density at radius 1 is 1.75 bits per heavy atom. The quantitative estimate of drug-likeness (QED) is 0.324. The lowest BCUT2D eigenvalue weighted by molar-refractivity contribution is -0.107. The molecule has 0 aliphatic carbocycles. The Morgan fingerprint density at radius 3 is 2.75 bits per heavy atom. The van der Waals surface area contributed by atoms with Crippen LogP contribution in [0.3, 0.4) is 0 Å². The van der Waals surface area contributed by atoms with Crippen LogP contribution in [0.5, 0.6) is 0 Å². The summed E-state index contributed by atoms with van der Waals surface area (Å²) in [7, 11) is 0. The molecule has 46 valence electrons. The molecule has 1 unspecified atom stereocenters. The molecule has 8 heavy (non-hydrogen) atoms. The summed E-state index contributed by atoms with van der Waals surface area (Å²) in [6.07, 6.45) is 3.72. The van der Waals surface area contributed by atoms with E-state index in [1.165, 1.54) is 0 Å². The summed E-state index contributed by atoms with van der Waals surface area (Å²) in [6.45, 7) is 3.47. The van der Waals surface area contributed by atoms with E-state index in [2.05, 4.69) is 6.58 Å². The van der Waals surface area contributed by atoms with Crippen molar-refractivity contribution in [3.8, 4) is 0 Å². The zero-order valence-corrected chi connectivity index (χ0v) is 5.40. The number of halogens is 1. The third kappa shape index (κ3) is 3.88. The fourth-order valence-electron chi connectivity index (χ4n) is 0.345. The van der Waals surface area contributed by atoms with Gasteiger partial charge in [0.15, 0.2) is 0 Å². The predicted octanol–water partition coefficient (Wildman–Crippen LogP) is 1.76. The normalized spacial score (nSPS) is 12.6. The standard InChI is InChI=1S/C6H9ClO/c1-2-6(7)4-3-5-8/h2,5-6H,1,3-4H2. The summed E-state index contributed by atoms with van der Waals surface area (Å²) < 4.78 is 0. The van der Waals surface area contributed by atoms with Gasteiger partial charge in [-0.1, -0.05) is 6.08 Å². The van der Waals surface area contributed by atoms with Crippen molar-refractivity contribution in [2.75, 3.05) is 0 Å². The largest absolute Gasteiger partial charge is 0.303 e. The molecule has 0 aromatic rings. The molecule has 0 aromatic heterocycles. The van der Waals surface area contributed by atoms with Gasteiger partial charge in [-0.3, -0.25) is 0 Å². The Labute approximate surface area is 54.3 Å². The molecule has 0 saturated carbocycles. The molecule has 1 atom stereocenters. The van der Waals surface area contributed by atoms with Gasteiger partial charge in [0, 0.05) is 6.42 Å². The van der Waals surface area contributed by atoms with Crippen molar-refractivity contribution in [2.24, 2.45) is 0 Å². The van der Waals surface area contributed by atoms with Crippen LogP contribution in [0.25, 0.3) is 0 Å². The first-order valence-electron chi connectivity index (χ1n) is 2.51. The maximum absolute atomic E-state index is 9.73. The Bertz CT molecular complexity index is 80.6. The zero-order valence-electron chi connectivity index (χ0n) is 4.64. The van der Waals surface area contributed by atoms with Gasteiger partial charge >= 0.3 is 0 Å².